The van der Waals surface area contributed by atoms with Crippen molar-refractivity contribution in [2.24, 2.45) is 0 Å². The molecule has 0 unspecified atom stereocenters. The van der Waals surface area contributed by atoms with E-state index in [2.05, 4.69) is 0 Å². The number of benzene rings is 2. The molecule has 2 atom stereocenters. The first-order chi connectivity index (χ1) is 15.7. The van der Waals surface area contributed by atoms with E-state index in [1.807, 2.05) is 19.1 Å². The third-order valence-corrected chi connectivity index (χ3v) is 7.22. The molecule has 1 fully saturated rings. The first-order valence-corrected chi connectivity index (χ1v) is 11.3. The Labute approximate surface area is 196 Å². The van der Waals surface area contributed by atoms with Crippen LogP contribution in [0.4, 0.5) is 8.78 Å². The predicted molar refractivity (Wildman–Crippen MR) is 120 cm³/mol. The summed E-state index contributed by atoms with van der Waals surface area (Å²) in [5.74, 6) is -1.79. The molecule has 2 aromatic carbocycles. The van der Waals surface area contributed by atoms with Gasteiger partial charge >= 0.3 is 0 Å². The summed E-state index contributed by atoms with van der Waals surface area (Å²) < 4.78 is 42.1. The minimum atomic E-state index is -1.33. The highest BCUT2D eigenvalue weighted by molar-refractivity contribution is 6.30. The predicted octanol–water partition coefficient (Wildman–Crippen LogP) is 4.48. The summed E-state index contributed by atoms with van der Waals surface area (Å²) in [6.45, 7) is 1.87. The highest BCUT2D eigenvalue weighted by Crippen LogP contribution is 2.56. The van der Waals surface area contributed by atoms with Crippen LogP contribution in [0.2, 0.25) is 5.02 Å². The van der Waals surface area contributed by atoms with Crippen molar-refractivity contribution in [2.75, 3.05) is 26.8 Å². The molecule has 4 rings (SSSR count). The van der Waals surface area contributed by atoms with Crippen LogP contribution in [-0.2, 0) is 26.2 Å². The molecule has 0 saturated heterocycles. The Balaban J connectivity index is 1.87. The number of likely N-dealkylation sites (N-methyl/N-ethyl adjacent to an activating group) is 1. The van der Waals surface area contributed by atoms with Crippen molar-refractivity contribution in [1.29, 1.82) is 0 Å². The number of hydrogen-bond acceptors (Lipinski definition) is 4. The van der Waals surface area contributed by atoms with E-state index >= 15 is 4.39 Å². The largest absolute Gasteiger partial charge is 0.487 e. The van der Waals surface area contributed by atoms with Gasteiger partial charge in [-0.2, -0.15) is 0 Å². The fourth-order valence-electron chi connectivity index (χ4n) is 5.01. The van der Waals surface area contributed by atoms with Crippen molar-refractivity contribution in [1.82, 2.24) is 4.90 Å². The molecule has 0 spiro atoms. The van der Waals surface area contributed by atoms with Gasteiger partial charge in [-0.25, -0.2) is 8.78 Å². The maximum Gasteiger partial charge on any atom is 0.248 e. The number of carbonyl (C=O) groups is 2. The van der Waals surface area contributed by atoms with Gasteiger partial charge in [0.05, 0.1) is 0 Å². The monoisotopic (exact) mass is 477 g/mol. The Morgan fingerprint density at radius 2 is 1.88 bits per heavy atom. The lowest BCUT2D eigenvalue weighted by Crippen LogP contribution is -2.64. The van der Waals surface area contributed by atoms with Crippen LogP contribution in [0.15, 0.2) is 36.4 Å². The number of amides is 1. The van der Waals surface area contributed by atoms with E-state index in [0.717, 1.165) is 17.7 Å². The Morgan fingerprint density at radius 3 is 2.58 bits per heavy atom. The molecule has 1 saturated carbocycles. The summed E-state index contributed by atoms with van der Waals surface area (Å²) in [6.07, 6.45) is 0.644. The highest BCUT2D eigenvalue weighted by atomic mass is 35.5. The van der Waals surface area contributed by atoms with Gasteiger partial charge in [0.25, 0.3) is 0 Å². The van der Waals surface area contributed by atoms with E-state index < -0.39 is 22.7 Å². The lowest BCUT2D eigenvalue weighted by molar-refractivity contribution is -0.176. The summed E-state index contributed by atoms with van der Waals surface area (Å²) in [4.78, 5) is 26.7. The molecule has 2 aromatic rings. The molecule has 8 heteroatoms. The Bertz CT molecular complexity index is 1080. The topological polar surface area (TPSA) is 55.8 Å². The van der Waals surface area contributed by atoms with Gasteiger partial charge in [0.1, 0.15) is 30.4 Å². The lowest BCUT2D eigenvalue weighted by Gasteiger charge is -2.55. The zero-order valence-corrected chi connectivity index (χ0v) is 19.4. The average Bonchev–Trinajstić information content (AvgIpc) is 2.81. The van der Waals surface area contributed by atoms with Crippen LogP contribution < -0.4 is 4.74 Å². The van der Waals surface area contributed by atoms with Crippen LogP contribution in [-0.4, -0.2) is 49.0 Å². The van der Waals surface area contributed by atoms with Crippen molar-refractivity contribution >= 4 is 23.3 Å². The number of ether oxygens (including phenoxy) is 2. The van der Waals surface area contributed by atoms with Crippen molar-refractivity contribution in [2.45, 2.75) is 43.6 Å². The van der Waals surface area contributed by atoms with Crippen LogP contribution >= 0.6 is 11.6 Å². The van der Waals surface area contributed by atoms with E-state index in [4.69, 9.17) is 21.1 Å². The molecular weight excluding hydrogens is 452 g/mol. The average molecular weight is 478 g/mol. The Kier molecular flexibility index (Phi) is 6.47. The highest BCUT2D eigenvalue weighted by Gasteiger charge is 2.62. The van der Waals surface area contributed by atoms with Crippen LogP contribution in [0.3, 0.4) is 0 Å². The second kappa shape index (κ2) is 9.03. The summed E-state index contributed by atoms with van der Waals surface area (Å²) in [5.41, 5.74) is -1.55. The molecule has 0 radical (unpaired) electrons. The number of Topliss-reactive ketones (excluding diaryl/α,β-unsaturated/α-hetero) is 1. The van der Waals surface area contributed by atoms with Gasteiger partial charge in [-0.05, 0) is 49.6 Å². The van der Waals surface area contributed by atoms with E-state index in [-0.39, 0.29) is 61.9 Å². The summed E-state index contributed by atoms with van der Waals surface area (Å²) >= 11 is 6.05. The molecule has 1 aliphatic heterocycles. The lowest BCUT2D eigenvalue weighted by atomic mass is 9.55. The van der Waals surface area contributed by atoms with Crippen LogP contribution in [0.1, 0.15) is 37.3 Å². The number of halogens is 3. The standard InChI is InChI=1S/C25H26ClF2NO4/c1-3-29(2)21(31)14-33-25-13-18(30)10-11-24(25,12-16-4-6-17(26)7-5-16)22-19(27)8-9-20(28)23(22)32-15-25/h4-9H,3,10-15H2,1-2H3/t24-,25+/m1/s1. The minimum Gasteiger partial charge on any atom is -0.487 e. The Hall–Kier alpha value is -2.51. The molecule has 1 aliphatic carbocycles. The molecule has 5 nitrogen and oxygen atoms in total. The van der Waals surface area contributed by atoms with Crippen molar-refractivity contribution in [3.05, 3.63) is 64.2 Å². The first-order valence-electron chi connectivity index (χ1n) is 11.0. The fourth-order valence-corrected chi connectivity index (χ4v) is 5.14. The van der Waals surface area contributed by atoms with Gasteiger partial charge in [-0.15, -0.1) is 0 Å². The summed E-state index contributed by atoms with van der Waals surface area (Å²) in [6, 6.07) is 9.20. The van der Waals surface area contributed by atoms with E-state index in [1.54, 1.807) is 19.2 Å². The molecule has 1 heterocycles. The third-order valence-electron chi connectivity index (χ3n) is 6.96. The fraction of sp³-hybridized carbons (Fsp3) is 0.440. The molecule has 2 aliphatic rings. The maximum atomic E-state index is 15.4. The molecule has 33 heavy (non-hydrogen) atoms. The number of nitrogens with zero attached hydrogens (tertiary/aromatic N) is 1. The summed E-state index contributed by atoms with van der Waals surface area (Å²) in [5, 5.41) is 0.551. The quantitative estimate of drug-likeness (QED) is 0.615. The van der Waals surface area contributed by atoms with Crippen LogP contribution in [0.5, 0.6) is 5.75 Å². The number of hydrogen-bond donors (Lipinski definition) is 0. The molecule has 1 amide bonds. The van der Waals surface area contributed by atoms with Crippen LogP contribution in [0.25, 0.3) is 0 Å². The smallest absolute Gasteiger partial charge is 0.248 e. The first kappa shape index (κ1) is 23.6. The number of fused-ring (bicyclic) bond motifs is 3. The van der Waals surface area contributed by atoms with Crippen molar-refractivity contribution in [3.8, 4) is 5.75 Å². The van der Waals surface area contributed by atoms with Gasteiger partial charge in [0, 0.05) is 42.4 Å². The van der Waals surface area contributed by atoms with Gasteiger partial charge in [-0.3, -0.25) is 9.59 Å². The van der Waals surface area contributed by atoms with Gasteiger partial charge in [0.15, 0.2) is 11.6 Å². The van der Waals surface area contributed by atoms with Crippen molar-refractivity contribution in [3.63, 3.8) is 0 Å². The Morgan fingerprint density at radius 1 is 1.18 bits per heavy atom. The van der Waals surface area contributed by atoms with Crippen molar-refractivity contribution < 1.29 is 27.8 Å². The number of carbonyl (C=O) groups excluding carboxylic acids is 2. The van der Waals surface area contributed by atoms with E-state index in [0.29, 0.717) is 11.6 Å². The second-order valence-electron chi connectivity index (χ2n) is 8.81. The van der Waals surface area contributed by atoms with Gasteiger partial charge < -0.3 is 14.4 Å². The molecule has 0 N–H and O–H groups in total. The van der Waals surface area contributed by atoms with Gasteiger partial charge in [0.2, 0.25) is 5.91 Å². The zero-order chi connectivity index (χ0) is 23.8. The second-order valence-corrected chi connectivity index (χ2v) is 9.25. The van der Waals surface area contributed by atoms with Crippen LogP contribution in [0, 0.1) is 11.6 Å². The van der Waals surface area contributed by atoms with E-state index in [9.17, 15) is 14.0 Å². The molecule has 176 valence electrons. The molecule has 0 bridgehead atoms. The summed E-state index contributed by atoms with van der Waals surface area (Å²) in [7, 11) is 1.65. The molecule has 0 aromatic heterocycles. The number of rotatable bonds is 6. The third kappa shape index (κ3) is 4.13. The maximum absolute atomic E-state index is 15.4. The minimum absolute atomic E-state index is 0.0564. The van der Waals surface area contributed by atoms with Gasteiger partial charge in [-0.1, -0.05) is 23.7 Å². The zero-order valence-electron chi connectivity index (χ0n) is 18.6. The molecular formula is C25H26ClF2NO4. The number of ketones is 1. The van der Waals surface area contributed by atoms with E-state index in [1.165, 1.54) is 4.90 Å². The normalized spacial score (nSPS) is 24.0. The SMILES string of the molecule is CCN(C)C(=O)CO[C@@]12COc3c(F)ccc(F)c3[C@]1(Cc1ccc(Cl)cc1)CCC(=O)C2.